The van der Waals surface area contributed by atoms with E-state index in [0.717, 1.165) is 18.8 Å². The summed E-state index contributed by atoms with van der Waals surface area (Å²) in [4.78, 5) is 22.0. The van der Waals surface area contributed by atoms with E-state index in [2.05, 4.69) is 19.2 Å². The number of nitrogens with one attached hydrogen (secondary N) is 1. The second-order valence-electron chi connectivity index (χ2n) is 7.39. The van der Waals surface area contributed by atoms with E-state index >= 15 is 0 Å². The first-order chi connectivity index (χ1) is 11.9. The van der Waals surface area contributed by atoms with E-state index < -0.39 is 5.97 Å². The summed E-state index contributed by atoms with van der Waals surface area (Å²) in [7, 11) is 0. The van der Waals surface area contributed by atoms with Gasteiger partial charge in [-0.2, -0.15) is 0 Å². The summed E-state index contributed by atoms with van der Waals surface area (Å²) in [6.45, 7) is 7.36. The zero-order valence-corrected chi connectivity index (χ0v) is 16.5. The maximum atomic E-state index is 11.7. The van der Waals surface area contributed by atoms with Gasteiger partial charge in [0.25, 0.3) is 0 Å². The van der Waals surface area contributed by atoms with Crippen molar-refractivity contribution in [1.29, 1.82) is 0 Å². The average Bonchev–Trinajstić information content (AvgIpc) is 2.52. The van der Waals surface area contributed by atoms with E-state index in [4.69, 9.17) is 9.84 Å². The number of carboxylic acids is 1. The standard InChI is InChI=1S/C20H39NO4/c1-17(2)11-9-7-5-4-6-8-10-12-18(3)25-20(24)14-16-21-15-13-19(22)23/h17-18,21H,4-16H2,1-3H3,(H,22,23). The van der Waals surface area contributed by atoms with Crippen LogP contribution in [0.3, 0.4) is 0 Å². The van der Waals surface area contributed by atoms with E-state index in [-0.39, 0.29) is 18.5 Å². The van der Waals surface area contributed by atoms with Gasteiger partial charge in [0, 0.05) is 13.1 Å². The third kappa shape index (κ3) is 19.1. The zero-order valence-electron chi connectivity index (χ0n) is 16.5. The Kier molecular flexibility index (Phi) is 15.7. The molecule has 0 rings (SSSR count). The van der Waals surface area contributed by atoms with Crippen LogP contribution in [-0.2, 0) is 14.3 Å². The average molecular weight is 358 g/mol. The van der Waals surface area contributed by atoms with Gasteiger partial charge in [-0.05, 0) is 25.7 Å². The first-order valence-electron chi connectivity index (χ1n) is 10.0. The van der Waals surface area contributed by atoms with Crippen LogP contribution < -0.4 is 5.32 Å². The van der Waals surface area contributed by atoms with Crippen molar-refractivity contribution in [2.75, 3.05) is 13.1 Å². The molecule has 5 heteroatoms. The van der Waals surface area contributed by atoms with Gasteiger partial charge in [-0.25, -0.2) is 0 Å². The predicted octanol–water partition coefficient (Wildman–Crippen LogP) is 4.54. The smallest absolute Gasteiger partial charge is 0.307 e. The van der Waals surface area contributed by atoms with Gasteiger partial charge in [-0.15, -0.1) is 0 Å². The molecular formula is C20H39NO4. The monoisotopic (exact) mass is 357 g/mol. The summed E-state index contributed by atoms with van der Waals surface area (Å²) >= 11 is 0. The van der Waals surface area contributed by atoms with Crippen molar-refractivity contribution in [3.8, 4) is 0 Å². The van der Waals surface area contributed by atoms with Crippen LogP contribution in [0.15, 0.2) is 0 Å². The fourth-order valence-electron chi connectivity index (χ4n) is 2.72. The summed E-state index contributed by atoms with van der Waals surface area (Å²) < 4.78 is 5.36. The predicted molar refractivity (Wildman–Crippen MR) is 102 cm³/mol. The number of unbranched alkanes of at least 4 members (excludes halogenated alkanes) is 6. The van der Waals surface area contributed by atoms with Gasteiger partial charge >= 0.3 is 11.9 Å². The molecule has 0 aromatic rings. The lowest BCUT2D eigenvalue weighted by Gasteiger charge is -2.13. The molecule has 25 heavy (non-hydrogen) atoms. The van der Waals surface area contributed by atoms with Crippen LogP contribution in [0.1, 0.15) is 91.4 Å². The molecule has 0 aliphatic heterocycles. The Morgan fingerprint density at radius 2 is 1.36 bits per heavy atom. The molecule has 5 nitrogen and oxygen atoms in total. The van der Waals surface area contributed by atoms with E-state index in [9.17, 15) is 9.59 Å². The summed E-state index contributed by atoms with van der Waals surface area (Å²) in [5.41, 5.74) is 0. The molecule has 0 aromatic heterocycles. The highest BCUT2D eigenvalue weighted by atomic mass is 16.5. The lowest BCUT2D eigenvalue weighted by Crippen LogP contribution is -2.23. The molecule has 0 bridgehead atoms. The minimum atomic E-state index is -0.834. The van der Waals surface area contributed by atoms with Crippen LogP contribution in [0, 0.1) is 5.92 Å². The van der Waals surface area contributed by atoms with E-state index in [0.29, 0.717) is 19.5 Å². The number of aliphatic carboxylic acids is 1. The highest BCUT2D eigenvalue weighted by Gasteiger charge is 2.09. The van der Waals surface area contributed by atoms with Crippen LogP contribution in [0.25, 0.3) is 0 Å². The molecule has 1 atom stereocenters. The quantitative estimate of drug-likeness (QED) is 0.295. The minimum Gasteiger partial charge on any atom is -0.481 e. The van der Waals surface area contributed by atoms with Crippen LogP contribution in [0.2, 0.25) is 0 Å². The van der Waals surface area contributed by atoms with E-state index in [1.807, 2.05) is 6.92 Å². The lowest BCUT2D eigenvalue weighted by atomic mass is 10.0. The van der Waals surface area contributed by atoms with Gasteiger partial charge in [0.1, 0.15) is 0 Å². The van der Waals surface area contributed by atoms with Gasteiger partial charge in [-0.3, -0.25) is 9.59 Å². The molecule has 0 aliphatic carbocycles. The fraction of sp³-hybridized carbons (Fsp3) is 0.900. The maximum Gasteiger partial charge on any atom is 0.307 e. The largest absolute Gasteiger partial charge is 0.481 e. The number of hydrogen-bond donors (Lipinski definition) is 2. The first kappa shape index (κ1) is 23.9. The highest BCUT2D eigenvalue weighted by molar-refractivity contribution is 5.69. The number of esters is 1. The Hall–Kier alpha value is -1.10. The number of hydrogen-bond acceptors (Lipinski definition) is 4. The first-order valence-corrected chi connectivity index (χ1v) is 10.0. The summed E-state index contributed by atoms with van der Waals surface area (Å²) in [6.07, 6.45) is 11.6. The molecule has 1 unspecified atom stereocenters. The van der Waals surface area contributed by atoms with Crippen molar-refractivity contribution in [3.63, 3.8) is 0 Å². The Morgan fingerprint density at radius 1 is 0.840 bits per heavy atom. The molecule has 0 aliphatic rings. The van der Waals surface area contributed by atoms with Crippen molar-refractivity contribution < 1.29 is 19.4 Å². The van der Waals surface area contributed by atoms with Crippen LogP contribution >= 0.6 is 0 Å². The summed E-state index contributed by atoms with van der Waals surface area (Å²) in [6, 6.07) is 0. The topological polar surface area (TPSA) is 75.6 Å². The Labute approximate surface area is 153 Å². The van der Waals surface area contributed by atoms with E-state index in [1.165, 1.54) is 44.9 Å². The van der Waals surface area contributed by atoms with Crippen molar-refractivity contribution in [2.24, 2.45) is 5.92 Å². The molecule has 0 spiro atoms. The molecular weight excluding hydrogens is 318 g/mol. The normalized spacial score (nSPS) is 12.3. The second kappa shape index (κ2) is 16.4. The number of carbonyl (C=O) groups is 2. The minimum absolute atomic E-state index is 0.0300. The Balaban J connectivity index is 3.38. The molecule has 0 saturated carbocycles. The van der Waals surface area contributed by atoms with Crippen molar-refractivity contribution in [3.05, 3.63) is 0 Å². The molecule has 148 valence electrons. The molecule has 0 heterocycles. The van der Waals surface area contributed by atoms with Gasteiger partial charge in [0.15, 0.2) is 0 Å². The van der Waals surface area contributed by atoms with Gasteiger partial charge in [0.2, 0.25) is 0 Å². The number of carbonyl (C=O) groups excluding carboxylic acids is 1. The lowest BCUT2D eigenvalue weighted by molar-refractivity contribution is -0.148. The molecule has 0 aromatic carbocycles. The highest BCUT2D eigenvalue weighted by Crippen LogP contribution is 2.13. The number of carboxylic acid groups (broad SMARTS) is 1. The van der Waals surface area contributed by atoms with Crippen LogP contribution in [0.4, 0.5) is 0 Å². The molecule has 0 amide bonds. The zero-order chi connectivity index (χ0) is 18.9. The van der Waals surface area contributed by atoms with Gasteiger partial charge < -0.3 is 15.2 Å². The number of rotatable bonds is 17. The Bertz CT molecular complexity index is 345. The summed E-state index contributed by atoms with van der Waals surface area (Å²) in [5, 5.41) is 11.4. The molecule has 2 N–H and O–H groups in total. The second-order valence-corrected chi connectivity index (χ2v) is 7.39. The fourth-order valence-corrected chi connectivity index (χ4v) is 2.72. The summed E-state index contributed by atoms with van der Waals surface area (Å²) in [5.74, 6) is -0.218. The SMILES string of the molecule is CC(C)CCCCCCCCCC(C)OC(=O)CCNCCC(=O)O. The maximum absolute atomic E-state index is 11.7. The van der Waals surface area contributed by atoms with Gasteiger partial charge in [-0.1, -0.05) is 58.8 Å². The third-order valence-electron chi connectivity index (χ3n) is 4.25. The Morgan fingerprint density at radius 3 is 1.92 bits per heavy atom. The van der Waals surface area contributed by atoms with Crippen molar-refractivity contribution in [1.82, 2.24) is 5.32 Å². The third-order valence-corrected chi connectivity index (χ3v) is 4.25. The molecule has 0 radical (unpaired) electrons. The van der Waals surface area contributed by atoms with Crippen molar-refractivity contribution in [2.45, 2.75) is 97.5 Å². The van der Waals surface area contributed by atoms with Crippen LogP contribution in [-0.4, -0.2) is 36.2 Å². The van der Waals surface area contributed by atoms with Crippen LogP contribution in [0.5, 0.6) is 0 Å². The molecule has 0 fully saturated rings. The van der Waals surface area contributed by atoms with Gasteiger partial charge in [0.05, 0.1) is 18.9 Å². The van der Waals surface area contributed by atoms with Crippen molar-refractivity contribution >= 4 is 11.9 Å². The number of ether oxygens (including phenoxy) is 1. The molecule has 0 saturated heterocycles. The van der Waals surface area contributed by atoms with E-state index in [1.54, 1.807) is 0 Å².